The van der Waals surface area contributed by atoms with Gasteiger partial charge in [0.05, 0.1) is 0 Å². The van der Waals surface area contributed by atoms with E-state index in [1.54, 1.807) is 13.8 Å². The van der Waals surface area contributed by atoms with Gasteiger partial charge in [-0.05, 0) is 0 Å². The Morgan fingerprint density at radius 2 is 2.06 bits per heavy atom. The van der Waals surface area contributed by atoms with Crippen molar-refractivity contribution in [3.63, 3.8) is 0 Å². The normalized spacial score (nSPS) is 23.6. The van der Waals surface area contributed by atoms with E-state index >= 15 is 0 Å². The number of aromatic amines is 1. The van der Waals surface area contributed by atoms with Gasteiger partial charge in [0.25, 0.3) is 0 Å². The SMILES string of the molecule is C=BC1=Cc2[nH]cc(-c3cnn(C4=CCC=C4)c3)c2N=C(C2CCC(C(C)=O)CC2)C1C(=O)CC. The predicted molar refractivity (Wildman–Crippen MR) is 143 cm³/mol. The Labute approximate surface area is 206 Å². The third kappa shape index (κ3) is 4.40. The number of H-pyrrole nitrogens is 1. The Morgan fingerprint density at radius 1 is 1.26 bits per heavy atom. The minimum atomic E-state index is -0.401. The fourth-order valence-electron chi connectivity index (χ4n) is 5.57. The number of hydrogen-bond donors (Lipinski definition) is 1. The van der Waals surface area contributed by atoms with Crippen molar-refractivity contribution in [2.75, 3.05) is 0 Å². The van der Waals surface area contributed by atoms with Crippen LogP contribution in [-0.4, -0.2) is 45.4 Å². The van der Waals surface area contributed by atoms with Crippen molar-refractivity contribution < 1.29 is 9.59 Å². The van der Waals surface area contributed by atoms with Crippen molar-refractivity contribution in [3.05, 3.63) is 48.0 Å². The number of carbonyl (C=O) groups excluding carboxylic acids is 2. The van der Waals surface area contributed by atoms with Gasteiger partial charge in [-0.15, -0.1) is 0 Å². The van der Waals surface area contributed by atoms with E-state index in [0.29, 0.717) is 6.42 Å². The number of allylic oxidation sites excluding steroid dienone is 5. The first kappa shape index (κ1) is 23.4. The molecule has 2 aliphatic carbocycles. The standard InChI is InChI=1S/C28H31BN4O2/c1-4-25(35)26-23(29-3)13-24-28(32-27(26)19-11-9-18(10-12-19)17(2)34)22(15-30-24)20-14-31-33(16-20)21-7-5-6-8-21/h5,7-8,13-16,18-19,26,30H,3-4,6,9-12H2,1-2H3. The molecule has 1 saturated carbocycles. The second-order valence-corrected chi connectivity index (χ2v) is 9.70. The van der Waals surface area contributed by atoms with Crippen LogP contribution in [0.4, 0.5) is 5.69 Å². The molecule has 1 unspecified atom stereocenters. The molecule has 0 aromatic carbocycles. The number of rotatable bonds is 7. The third-order valence-corrected chi connectivity index (χ3v) is 7.60. The van der Waals surface area contributed by atoms with E-state index < -0.39 is 5.92 Å². The summed E-state index contributed by atoms with van der Waals surface area (Å²) in [5.41, 5.74) is 6.52. The Balaban J connectivity index is 1.58. The Hall–Kier alpha value is -3.35. The third-order valence-electron chi connectivity index (χ3n) is 7.60. The zero-order valence-electron chi connectivity index (χ0n) is 20.5. The van der Waals surface area contributed by atoms with Gasteiger partial charge in [-0.25, -0.2) is 0 Å². The van der Waals surface area contributed by atoms with Crippen LogP contribution in [-0.2, 0) is 9.59 Å². The second kappa shape index (κ2) is 9.72. The van der Waals surface area contributed by atoms with Crippen LogP contribution in [0.25, 0.3) is 22.9 Å². The fraction of sp³-hybridized carbons (Fsp3) is 0.393. The summed E-state index contributed by atoms with van der Waals surface area (Å²) >= 11 is 0. The number of hydrogen-bond acceptors (Lipinski definition) is 4. The molecule has 3 heterocycles. The van der Waals surface area contributed by atoms with Crippen LogP contribution in [0.2, 0.25) is 0 Å². The molecule has 2 aromatic heterocycles. The van der Waals surface area contributed by atoms with Gasteiger partial charge in [0.2, 0.25) is 0 Å². The molecule has 0 bridgehead atoms. The molecule has 1 atom stereocenters. The van der Waals surface area contributed by atoms with Gasteiger partial charge >= 0.3 is 207 Å². The van der Waals surface area contributed by atoms with Crippen molar-refractivity contribution in [1.29, 1.82) is 0 Å². The summed E-state index contributed by atoms with van der Waals surface area (Å²) in [7, 11) is 0. The van der Waals surface area contributed by atoms with Crippen molar-refractivity contribution in [1.82, 2.24) is 14.8 Å². The van der Waals surface area contributed by atoms with Gasteiger partial charge in [-0.2, -0.15) is 0 Å². The van der Waals surface area contributed by atoms with Crippen LogP contribution in [0.3, 0.4) is 0 Å². The molecule has 1 N–H and O–H groups in total. The molecule has 0 saturated heterocycles. The minimum absolute atomic E-state index is 0.121. The number of ketones is 2. The van der Waals surface area contributed by atoms with Crippen molar-refractivity contribution in [2.45, 2.75) is 52.4 Å². The molecule has 7 heteroatoms. The average Bonchev–Trinajstić information content (AvgIpc) is 3.62. The number of aliphatic imine (C=N–C) groups is 1. The zero-order chi connectivity index (χ0) is 24.5. The Bertz CT molecular complexity index is 1300. The number of carbonyl (C=O) groups is 2. The second-order valence-electron chi connectivity index (χ2n) is 9.70. The van der Waals surface area contributed by atoms with E-state index in [9.17, 15) is 9.59 Å². The zero-order valence-corrected chi connectivity index (χ0v) is 20.5. The maximum atomic E-state index is 13.2. The molecule has 2 aromatic rings. The van der Waals surface area contributed by atoms with Crippen LogP contribution in [0.15, 0.2) is 47.3 Å². The average molecular weight is 466 g/mol. The monoisotopic (exact) mass is 466 g/mol. The first-order chi connectivity index (χ1) is 17.0. The Morgan fingerprint density at radius 3 is 2.71 bits per heavy atom. The molecule has 5 rings (SSSR count). The van der Waals surface area contributed by atoms with E-state index in [-0.39, 0.29) is 23.4 Å². The summed E-state index contributed by atoms with van der Waals surface area (Å²) in [6.45, 7) is 9.42. The van der Waals surface area contributed by atoms with E-state index in [1.807, 2.05) is 36.3 Å². The van der Waals surface area contributed by atoms with Gasteiger partial charge in [0.1, 0.15) is 0 Å². The van der Waals surface area contributed by atoms with Gasteiger partial charge in [-0.3, -0.25) is 0 Å². The first-order valence-corrected chi connectivity index (χ1v) is 12.6. The van der Waals surface area contributed by atoms with Crippen LogP contribution >= 0.6 is 0 Å². The van der Waals surface area contributed by atoms with E-state index in [2.05, 4.69) is 34.8 Å². The van der Waals surface area contributed by atoms with Gasteiger partial charge < -0.3 is 0 Å². The van der Waals surface area contributed by atoms with Crippen LogP contribution in [0.5, 0.6) is 0 Å². The van der Waals surface area contributed by atoms with Gasteiger partial charge in [0, 0.05) is 0 Å². The molecular weight excluding hydrogens is 435 g/mol. The molecule has 0 radical (unpaired) electrons. The number of fused-ring (bicyclic) bond motifs is 1. The number of nitrogens with one attached hydrogen (secondary N) is 1. The molecule has 1 aliphatic heterocycles. The summed E-state index contributed by atoms with van der Waals surface area (Å²) in [5, 5.41) is 4.56. The van der Waals surface area contributed by atoms with Crippen molar-refractivity contribution in [2.24, 2.45) is 22.7 Å². The molecular formula is C28H31BN4O2. The summed E-state index contributed by atoms with van der Waals surface area (Å²) < 4.78 is 1.89. The summed E-state index contributed by atoms with van der Waals surface area (Å²) in [6, 6.07) is 0. The summed E-state index contributed by atoms with van der Waals surface area (Å²) in [4.78, 5) is 33.8. The molecule has 3 aliphatic rings. The number of aromatic nitrogens is 3. The molecule has 0 amide bonds. The van der Waals surface area contributed by atoms with Crippen molar-refractivity contribution >= 4 is 48.1 Å². The van der Waals surface area contributed by atoms with E-state index in [0.717, 1.165) is 71.5 Å². The molecule has 6 nitrogen and oxygen atoms in total. The van der Waals surface area contributed by atoms with E-state index in [1.165, 1.54) is 0 Å². The molecule has 0 spiro atoms. The Kier molecular flexibility index (Phi) is 6.50. The van der Waals surface area contributed by atoms with Crippen LogP contribution in [0.1, 0.15) is 58.1 Å². The predicted octanol–water partition coefficient (Wildman–Crippen LogP) is 5.23. The maximum absolute atomic E-state index is 13.2. The van der Waals surface area contributed by atoms with E-state index in [4.69, 9.17) is 4.99 Å². The quantitative estimate of drug-likeness (QED) is 0.568. The summed E-state index contributed by atoms with van der Waals surface area (Å²) in [5.74, 6) is 0.304. The number of Topliss-reactive ketones (excluding diaryl/α,β-unsaturated/α-hetero) is 2. The topological polar surface area (TPSA) is 80.1 Å². The fourth-order valence-corrected chi connectivity index (χ4v) is 5.57. The van der Waals surface area contributed by atoms with Crippen LogP contribution < -0.4 is 0 Å². The van der Waals surface area contributed by atoms with Gasteiger partial charge in [-0.1, -0.05) is 0 Å². The first-order valence-electron chi connectivity index (χ1n) is 12.6. The van der Waals surface area contributed by atoms with Crippen molar-refractivity contribution in [3.8, 4) is 11.1 Å². The number of nitrogens with zero attached hydrogens (tertiary/aromatic N) is 3. The molecule has 178 valence electrons. The summed E-state index contributed by atoms with van der Waals surface area (Å²) in [6.07, 6.45) is 19.0. The molecule has 35 heavy (non-hydrogen) atoms. The van der Waals surface area contributed by atoms with Crippen LogP contribution in [0, 0.1) is 17.8 Å². The van der Waals surface area contributed by atoms with Gasteiger partial charge in [0.15, 0.2) is 0 Å². The molecule has 1 fully saturated rings.